The molecule has 0 aliphatic carbocycles. The Morgan fingerprint density at radius 2 is 1.63 bits per heavy atom. The number of rotatable bonds is 5. The Kier molecular flexibility index (Phi) is 5.18. The summed E-state index contributed by atoms with van der Waals surface area (Å²) < 4.78 is 18.8. The molecule has 0 atom stereocenters. The summed E-state index contributed by atoms with van der Waals surface area (Å²) >= 11 is 0. The van der Waals surface area contributed by atoms with Crippen LogP contribution in [0.15, 0.2) is 60.7 Å². The molecule has 6 nitrogen and oxygen atoms in total. The van der Waals surface area contributed by atoms with Gasteiger partial charge >= 0.3 is 0 Å². The first-order chi connectivity index (χ1) is 14.4. The maximum absolute atomic E-state index is 13.2. The SMILES string of the molecule is Cc1cc2nn(-c3ccc(F)cc3)nc2cc1NC(=O)c1ccc(OC(C)C)cc1. The molecule has 0 bridgehead atoms. The van der Waals surface area contributed by atoms with E-state index >= 15 is 0 Å². The molecule has 1 amide bonds. The van der Waals surface area contributed by atoms with Crippen LogP contribution in [-0.4, -0.2) is 27.0 Å². The van der Waals surface area contributed by atoms with Gasteiger partial charge in [0.05, 0.1) is 11.8 Å². The summed E-state index contributed by atoms with van der Waals surface area (Å²) in [6.45, 7) is 5.79. The molecule has 0 aliphatic heterocycles. The van der Waals surface area contributed by atoms with Crippen LogP contribution in [0.3, 0.4) is 0 Å². The van der Waals surface area contributed by atoms with Gasteiger partial charge in [-0.2, -0.15) is 4.80 Å². The summed E-state index contributed by atoms with van der Waals surface area (Å²) in [5.74, 6) is 0.177. The monoisotopic (exact) mass is 404 g/mol. The van der Waals surface area contributed by atoms with Crippen LogP contribution in [0, 0.1) is 12.7 Å². The number of aryl methyl sites for hydroxylation is 1. The molecule has 0 fully saturated rings. The van der Waals surface area contributed by atoms with Crippen molar-refractivity contribution in [1.29, 1.82) is 0 Å². The van der Waals surface area contributed by atoms with E-state index in [4.69, 9.17) is 4.74 Å². The topological polar surface area (TPSA) is 69.0 Å². The van der Waals surface area contributed by atoms with Crippen LogP contribution in [0.4, 0.5) is 10.1 Å². The average Bonchev–Trinajstić information content (AvgIpc) is 3.11. The van der Waals surface area contributed by atoms with E-state index in [0.29, 0.717) is 28.0 Å². The van der Waals surface area contributed by atoms with E-state index in [9.17, 15) is 9.18 Å². The highest BCUT2D eigenvalue weighted by Crippen LogP contribution is 2.23. The average molecular weight is 404 g/mol. The normalized spacial score (nSPS) is 11.1. The van der Waals surface area contributed by atoms with Gasteiger partial charge in [-0.3, -0.25) is 4.79 Å². The third kappa shape index (κ3) is 4.15. The number of benzene rings is 3. The summed E-state index contributed by atoms with van der Waals surface area (Å²) in [5.41, 5.74) is 4.01. The predicted octanol–water partition coefficient (Wildman–Crippen LogP) is 4.91. The van der Waals surface area contributed by atoms with Crippen molar-refractivity contribution >= 4 is 22.6 Å². The molecule has 30 heavy (non-hydrogen) atoms. The second-order valence-electron chi connectivity index (χ2n) is 7.27. The van der Waals surface area contributed by atoms with E-state index in [1.807, 2.05) is 26.8 Å². The number of aromatic nitrogens is 3. The lowest BCUT2D eigenvalue weighted by Gasteiger charge is -2.11. The highest BCUT2D eigenvalue weighted by Gasteiger charge is 2.12. The highest BCUT2D eigenvalue weighted by molar-refractivity contribution is 6.05. The minimum absolute atomic E-state index is 0.0716. The summed E-state index contributed by atoms with van der Waals surface area (Å²) in [4.78, 5) is 14.1. The lowest BCUT2D eigenvalue weighted by Crippen LogP contribution is -2.13. The standard InChI is InChI=1S/C23H21FN4O2/c1-14(2)30-19-10-4-16(5-11-19)23(29)25-20-13-22-21(12-15(20)3)26-28(27-22)18-8-6-17(24)7-9-18/h4-14H,1-3H3,(H,25,29). The third-order valence-corrected chi connectivity index (χ3v) is 4.52. The quantitative estimate of drug-likeness (QED) is 0.513. The predicted molar refractivity (Wildman–Crippen MR) is 114 cm³/mol. The lowest BCUT2D eigenvalue weighted by molar-refractivity contribution is 0.102. The van der Waals surface area contributed by atoms with Crippen molar-refractivity contribution < 1.29 is 13.9 Å². The van der Waals surface area contributed by atoms with Gasteiger partial charge in [-0.15, -0.1) is 10.2 Å². The number of nitrogens with one attached hydrogen (secondary N) is 1. The zero-order valence-corrected chi connectivity index (χ0v) is 16.9. The van der Waals surface area contributed by atoms with Gasteiger partial charge in [0, 0.05) is 11.3 Å². The van der Waals surface area contributed by atoms with Crippen molar-refractivity contribution in [3.05, 3.63) is 77.6 Å². The zero-order valence-electron chi connectivity index (χ0n) is 16.9. The number of amides is 1. The number of hydrogen-bond acceptors (Lipinski definition) is 4. The number of nitrogens with zero attached hydrogens (tertiary/aromatic N) is 3. The van der Waals surface area contributed by atoms with E-state index in [1.54, 1.807) is 42.5 Å². The number of anilines is 1. The fourth-order valence-electron chi connectivity index (χ4n) is 3.04. The number of carbonyl (C=O) groups excluding carboxylic acids is 1. The Bertz CT molecular complexity index is 1200. The van der Waals surface area contributed by atoms with E-state index < -0.39 is 0 Å². The Hall–Kier alpha value is -3.74. The van der Waals surface area contributed by atoms with Crippen LogP contribution in [0.25, 0.3) is 16.7 Å². The Labute approximate surface area is 173 Å². The number of fused-ring (bicyclic) bond motifs is 1. The van der Waals surface area contributed by atoms with Crippen molar-refractivity contribution in [3.8, 4) is 11.4 Å². The number of halogens is 1. The molecular formula is C23H21FN4O2. The van der Waals surface area contributed by atoms with Crippen LogP contribution >= 0.6 is 0 Å². The van der Waals surface area contributed by atoms with E-state index in [0.717, 1.165) is 11.3 Å². The van der Waals surface area contributed by atoms with Crippen molar-refractivity contribution in [1.82, 2.24) is 15.0 Å². The number of ether oxygens (including phenoxy) is 1. The lowest BCUT2D eigenvalue weighted by atomic mass is 10.1. The first-order valence-corrected chi connectivity index (χ1v) is 9.61. The summed E-state index contributed by atoms with van der Waals surface area (Å²) in [6.07, 6.45) is 0.0716. The Morgan fingerprint density at radius 3 is 2.27 bits per heavy atom. The zero-order chi connectivity index (χ0) is 21.3. The van der Waals surface area contributed by atoms with E-state index in [1.165, 1.54) is 16.9 Å². The maximum Gasteiger partial charge on any atom is 0.255 e. The first-order valence-electron chi connectivity index (χ1n) is 9.61. The van der Waals surface area contributed by atoms with Gasteiger partial charge in [0.15, 0.2) is 0 Å². The van der Waals surface area contributed by atoms with E-state index in [2.05, 4.69) is 15.5 Å². The van der Waals surface area contributed by atoms with Crippen molar-refractivity contribution in [2.75, 3.05) is 5.32 Å². The number of hydrogen-bond donors (Lipinski definition) is 1. The van der Waals surface area contributed by atoms with Gasteiger partial charge in [0.25, 0.3) is 5.91 Å². The van der Waals surface area contributed by atoms with Crippen LogP contribution < -0.4 is 10.1 Å². The molecule has 0 spiro atoms. The molecule has 3 aromatic carbocycles. The third-order valence-electron chi connectivity index (χ3n) is 4.52. The molecule has 0 saturated heterocycles. The Balaban J connectivity index is 1.57. The maximum atomic E-state index is 13.2. The molecule has 0 unspecified atom stereocenters. The van der Waals surface area contributed by atoms with Gasteiger partial charge in [-0.1, -0.05) is 0 Å². The van der Waals surface area contributed by atoms with Gasteiger partial charge in [-0.25, -0.2) is 4.39 Å². The minimum atomic E-state index is -0.319. The first kappa shape index (κ1) is 19.6. The molecule has 4 aromatic rings. The second-order valence-corrected chi connectivity index (χ2v) is 7.27. The Morgan fingerprint density at radius 1 is 1.00 bits per heavy atom. The minimum Gasteiger partial charge on any atom is -0.491 e. The van der Waals surface area contributed by atoms with Crippen molar-refractivity contribution in [2.45, 2.75) is 26.9 Å². The largest absolute Gasteiger partial charge is 0.491 e. The summed E-state index contributed by atoms with van der Waals surface area (Å²) in [5, 5.41) is 11.8. The van der Waals surface area contributed by atoms with Crippen LogP contribution in [0.2, 0.25) is 0 Å². The molecule has 152 valence electrons. The van der Waals surface area contributed by atoms with Gasteiger partial charge in [0.2, 0.25) is 0 Å². The second kappa shape index (κ2) is 7.94. The molecule has 7 heteroatoms. The summed E-state index contributed by atoms with van der Waals surface area (Å²) in [6, 6.07) is 16.6. The molecule has 0 aliphatic rings. The number of carbonyl (C=O) groups is 1. The van der Waals surface area contributed by atoms with Crippen LogP contribution in [-0.2, 0) is 0 Å². The molecule has 1 N–H and O–H groups in total. The fraction of sp³-hybridized carbons (Fsp3) is 0.174. The fourth-order valence-corrected chi connectivity index (χ4v) is 3.04. The van der Waals surface area contributed by atoms with Gasteiger partial charge in [0.1, 0.15) is 22.6 Å². The van der Waals surface area contributed by atoms with Gasteiger partial charge < -0.3 is 10.1 Å². The van der Waals surface area contributed by atoms with Crippen LogP contribution in [0.1, 0.15) is 29.8 Å². The smallest absolute Gasteiger partial charge is 0.255 e. The molecular weight excluding hydrogens is 383 g/mol. The van der Waals surface area contributed by atoms with Gasteiger partial charge in [-0.05, 0) is 87.0 Å². The van der Waals surface area contributed by atoms with Crippen molar-refractivity contribution in [2.24, 2.45) is 0 Å². The molecule has 1 aromatic heterocycles. The molecule has 1 heterocycles. The molecule has 4 rings (SSSR count). The summed E-state index contributed by atoms with van der Waals surface area (Å²) in [7, 11) is 0. The van der Waals surface area contributed by atoms with Crippen molar-refractivity contribution in [3.63, 3.8) is 0 Å². The highest BCUT2D eigenvalue weighted by atomic mass is 19.1. The van der Waals surface area contributed by atoms with E-state index in [-0.39, 0.29) is 17.8 Å². The van der Waals surface area contributed by atoms with Crippen LogP contribution in [0.5, 0.6) is 5.75 Å². The molecule has 0 radical (unpaired) electrons. The molecule has 0 saturated carbocycles.